The van der Waals surface area contributed by atoms with Crippen molar-refractivity contribution in [3.63, 3.8) is 0 Å². The molecule has 2 aromatic heterocycles. The van der Waals surface area contributed by atoms with Gasteiger partial charge in [0.05, 0.1) is 18.2 Å². The topological polar surface area (TPSA) is 63.1 Å². The van der Waals surface area contributed by atoms with Gasteiger partial charge in [-0.25, -0.2) is 0 Å². The van der Waals surface area contributed by atoms with Crippen molar-refractivity contribution in [1.29, 1.82) is 0 Å². The minimum atomic E-state index is -0.0680. The van der Waals surface area contributed by atoms with Crippen molar-refractivity contribution in [3.05, 3.63) is 48.0 Å². The van der Waals surface area contributed by atoms with Crippen LogP contribution in [-0.4, -0.2) is 38.7 Å². The fourth-order valence-electron chi connectivity index (χ4n) is 3.28. The van der Waals surface area contributed by atoms with Crippen LogP contribution in [0, 0.1) is 11.8 Å². The van der Waals surface area contributed by atoms with Gasteiger partial charge in [0.1, 0.15) is 0 Å². The van der Waals surface area contributed by atoms with Crippen LogP contribution in [0.2, 0.25) is 0 Å². The lowest BCUT2D eigenvalue weighted by atomic mass is 10.1. The second-order valence-corrected chi connectivity index (χ2v) is 6.92. The monoisotopic (exact) mass is 325 g/mol. The molecule has 126 valence electrons. The van der Waals surface area contributed by atoms with E-state index < -0.39 is 0 Å². The van der Waals surface area contributed by atoms with Crippen LogP contribution < -0.4 is 5.32 Å². The Morgan fingerprint density at radius 1 is 1.25 bits per heavy atom. The minimum absolute atomic E-state index is 0.0680. The van der Waals surface area contributed by atoms with Gasteiger partial charge in [-0.15, -0.1) is 0 Å². The SMILES string of the molecule is O=C(NCC1CC1)C1CN(Cc2cccnc2)Cc2ccnn2C1. The van der Waals surface area contributed by atoms with Gasteiger partial charge in [-0.05, 0) is 36.5 Å². The second-order valence-electron chi connectivity index (χ2n) is 6.92. The zero-order valence-electron chi connectivity index (χ0n) is 13.8. The third kappa shape index (κ3) is 3.64. The number of carbonyl (C=O) groups excluding carboxylic acids is 1. The van der Waals surface area contributed by atoms with Gasteiger partial charge in [0, 0.05) is 44.8 Å². The maximum absolute atomic E-state index is 12.6. The van der Waals surface area contributed by atoms with Crippen LogP contribution in [0.1, 0.15) is 24.1 Å². The first kappa shape index (κ1) is 15.3. The fourth-order valence-corrected chi connectivity index (χ4v) is 3.28. The number of hydrogen-bond donors (Lipinski definition) is 1. The Morgan fingerprint density at radius 2 is 2.17 bits per heavy atom. The average molecular weight is 325 g/mol. The molecular formula is C18H23N5O. The third-order valence-corrected chi connectivity index (χ3v) is 4.82. The van der Waals surface area contributed by atoms with Crippen LogP contribution >= 0.6 is 0 Å². The molecule has 1 aliphatic carbocycles. The van der Waals surface area contributed by atoms with Crippen LogP contribution in [0.5, 0.6) is 0 Å². The predicted octanol–water partition coefficient (Wildman–Crippen LogP) is 1.44. The highest BCUT2D eigenvalue weighted by molar-refractivity contribution is 5.78. The average Bonchev–Trinajstić information content (AvgIpc) is 3.36. The molecule has 24 heavy (non-hydrogen) atoms. The van der Waals surface area contributed by atoms with Crippen LogP contribution in [0.25, 0.3) is 0 Å². The normalized spacial score (nSPS) is 21.1. The Hall–Kier alpha value is -2.21. The summed E-state index contributed by atoms with van der Waals surface area (Å²) in [5.74, 6) is 0.787. The van der Waals surface area contributed by atoms with Crippen molar-refractivity contribution < 1.29 is 4.79 Å². The summed E-state index contributed by atoms with van der Waals surface area (Å²) in [6.45, 7) is 3.83. The number of hydrogen-bond acceptors (Lipinski definition) is 4. The highest BCUT2D eigenvalue weighted by atomic mass is 16.1. The van der Waals surface area contributed by atoms with Crippen LogP contribution in [0.4, 0.5) is 0 Å². The fraction of sp³-hybridized carbons (Fsp3) is 0.500. The van der Waals surface area contributed by atoms with Gasteiger partial charge >= 0.3 is 0 Å². The van der Waals surface area contributed by atoms with Crippen molar-refractivity contribution in [3.8, 4) is 0 Å². The standard InChI is InChI=1S/C18H23N5O/c24-18(20-9-14-3-4-14)16-11-22(10-15-2-1-6-19-8-15)13-17-5-7-21-23(17)12-16/h1-2,5-8,14,16H,3-4,9-13H2,(H,20,24). The molecule has 0 bridgehead atoms. The molecule has 0 saturated heterocycles. The van der Waals surface area contributed by atoms with Crippen LogP contribution in [0.15, 0.2) is 36.8 Å². The number of fused-ring (bicyclic) bond motifs is 1. The van der Waals surface area contributed by atoms with E-state index in [0.717, 1.165) is 31.9 Å². The first-order valence-corrected chi connectivity index (χ1v) is 8.67. The molecule has 0 radical (unpaired) electrons. The largest absolute Gasteiger partial charge is 0.355 e. The molecule has 6 nitrogen and oxygen atoms in total. The zero-order chi connectivity index (χ0) is 16.4. The van der Waals surface area contributed by atoms with Gasteiger partial charge < -0.3 is 5.32 Å². The smallest absolute Gasteiger partial charge is 0.226 e. The first-order chi connectivity index (χ1) is 11.8. The summed E-state index contributed by atoms with van der Waals surface area (Å²) in [5.41, 5.74) is 2.33. The van der Waals surface area contributed by atoms with Crippen molar-refractivity contribution in [2.24, 2.45) is 11.8 Å². The molecule has 6 heteroatoms. The summed E-state index contributed by atoms with van der Waals surface area (Å²) in [5, 5.41) is 7.53. The van der Waals surface area contributed by atoms with Gasteiger partial charge in [-0.1, -0.05) is 6.07 Å². The van der Waals surface area contributed by atoms with Gasteiger partial charge in [0.2, 0.25) is 5.91 Å². The van der Waals surface area contributed by atoms with E-state index in [1.165, 1.54) is 18.4 Å². The molecule has 1 N–H and O–H groups in total. The van der Waals surface area contributed by atoms with E-state index >= 15 is 0 Å². The molecular weight excluding hydrogens is 302 g/mol. The summed E-state index contributed by atoms with van der Waals surface area (Å²) in [7, 11) is 0. The van der Waals surface area contributed by atoms with Crippen molar-refractivity contribution in [2.45, 2.75) is 32.5 Å². The highest BCUT2D eigenvalue weighted by Gasteiger charge is 2.29. The van der Waals surface area contributed by atoms with Crippen LogP contribution in [0.3, 0.4) is 0 Å². The molecule has 1 atom stereocenters. The molecule has 1 fully saturated rings. The molecule has 1 amide bonds. The Bertz CT molecular complexity index is 694. The molecule has 2 aromatic rings. The summed E-state index contributed by atoms with van der Waals surface area (Å²) < 4.78 is 1.98. The van der Waals surface area contributed by atoms with E-state index in [2.05, 4.69) is 26.4 Å². The number of carbonyl (C=O) groups is 1. The van der Waals surface area contributed by atoms with E-state index in [-0.39, 0.29) is 11.8 Å². The zero-order valence-corrected chi connectivity index (χ0v) is 13.8. The second kappa shape index (κ2) is 6.73. The van der Waals surface area contributed by atoms with E-state index in [0.29, 0.717) is 12.5 Å². The Kier molecular flexibility index (Phi) is 4.30. The predicted molar refractivity (Wildman–Crippen MR) is 89.8 cm³/mol. The van der Waals surface area contributed by atoms with Crippen molar-refractivity contribution in [2.75, 3.05) is 13.1 Å². The van der Waals surface area contributed by atoms with Crippen molar-refractivity contribution >= 4 is 5.91 Å². The van der Waals surface area contributed by atoms with Gasteiger partial charge in [0.25, 0.3) is 0 Å². The van der Waals surface area contributed by atoms with Crippen LogP contribution in [-0.2, 0) is 24.4 Å². The first-order valence-electron chi connectivity index (χ1n) is 8.67. The number of nitrogens with zero attached hydrogens (tertiary/aromatic N) is 4. The summed E-state index contributed by atoms with van der Waals surface area (Å²) in [6, 6.07) is 6.08. The molecule has 0 spiro atoms. The molecule has 1 aliphatic heterocycles. The Morgan fingerprint density at radius 3 is 2.96 bits per heavy atom. The molecule has 0 aromatic carbocycles. The number of aromatic nitrogens is 3. The van der Waals surface area contributed by atoms with Gasteiger partial charge in [-0.2, -0.15) is 5.10 Å². The molecule has 4 rings (SSSR count). The van der Waals surface area contributed by atoms with E-state index in [1.54, 1.807) is 6.20 Å². The lowest BCUT2D eigenvalue weighted by Crippen LogP contribution is -2.39. The van der Waals surface area contributed by atoms with E-state index in [9.17, 15) is 4.79 Å². The maximum atomic E-state index is 12.6. The number of rotatable bonds is 5. The van der Waals surface area contributed by atoms with Gasteiger partial charge in [-0.3, -0.25) is 19.4 Å². The minimum Gasteiger partial charge on any atom is -0.355 e. The Labute approximate surface area is 141 Å². The highest BCUT2D eigenvalue weighted by Crippen LogP contribution is 2.27. The summed E-state index contributed by atoms with van der Waals surface area (Å²) in [4.78, 5) is 19.1. The van der Waals surface area contributed by atoms with Gasteiger partial charge in [0.15, 0.2) is 0 Å². The quantitative estimate of drug-likeness (QED) is 0.903. The maximum Gasteiger partial charge on any atom is 0.226 e. The number of pyridine rings is 1. The third-order valence-electron chi connectivity index (χ3n) is 4.82. The van der Waals surface area contributed by atoms with Crippen molar-refractivity contribution in [1.82, 2.24) is 25.0 Å². The lowest BCUT2D eigenvalue weighted by Gasteiger charge is -2.23. The number of amides is 1. The Balaban J connectivity index is 1.48. The number of nitrogens with one attached hydrogen (secondary N) is 1. The molecule has 3 heterocycles. The van der Waals surface area contributed by atoms with E-state index in [1.807, 2.05) is 29.2 Å². The van der Waals surface area contributed by atoms with E-state index in [4.69, 9.17) is 0 Å². The summed E-state index contributed by atoms with van der Waals surface area (Å²) >= 11 is 0. The summed E-state index contributed by atoms with van der Waals surface area (Å²) in [6.07, 6.45) is 8.00. The molecule has 1 saturated carbocycles. The lowest BCUT2D eigenvalue weighted by molar-refractivity contribution is -0.126. The molecule has 1 unspecified atom stereocenters. The molecule has 2 aliphatic rings.